The van der Waals surface area contributed by atoms with E-state index in [1.54, 1.807) is 6.92 Å². The zero-order chi connectivity index (χ0) is 13.0. The monoisotopic (exact) mass is 282 g/mol. The Morgan fingerprint density at radius 3 is 2.63 bits per heavy atom. The molecule has 1 aromatic carbocycles. The molecule has 8 heteroatoms. The van der Waals surface area contributed by atoms with Crippen LogP contribution < -0.4 is 11.1 Å². The van der Waals surface area contributed by atoms with Gasteiger partial charge in [0, 0.05) is 6.04 Å². The van der Waals surface area contributed by atoms with E-state index in [1.165, 1.54) is 0 Å². The summed E-state index contributed by atoms with van der Waals surface area (Å²) in [5.41, 5.74) is 6.95. The van der Waals surface area contributed by atoms with Crippen LogP contribution in [0.4, 0.5) is 5.95 Å². The van der Waals surface area contributed by atoms with Gasteiger partial charge in [0.1, 0.15) is 0 Å². The zero-order valence-corrected chi connectivity index (χ0v) is 11.1. The molecule has 0 bridgehead atoms. The summed E-state index contributed by atoms with van der Waals surface area (Å²) in [4.78, 5) is 11.9. The van der Waals surface area contributed by atoms with E-state index in [4.69, 9.17) is 5.73 Å². The topological polar surface area (TPSA) is 110 Å². The molecule has 2 rings (SSSR count). The van der Waals surface area contributed by atoms with Crippen LogP contribution in [0.1, 0.15) is 18.5 Å². The summed E-state index contributed by atoms with van der Waals surface area (Å²) in [5, 5.41) is 15.5. The molecule has 1 aromatic heterocycles. The average Bonchev–Trinajstić information content (AvgIpc) is 2.91. The summed E-state index contributed by atoms with van der Waals surface area (Å²) in [5.74, 6) is -0.495. The van der Waals surface area contributed by atoms with Crippen LogP contribution in [-0.2, 0) is 4.79 Å². The third-order valence-electron chi connectivity index (χ3n) is 2.72. The number of benzene rings is 1. The number of anilines is 1. The van der Waals surface area contributed by atoms with Crippen molar-refractivity contribution in [2.24, 2.45) is 11.7 Å². The molecule has 1 heterocycles. The SMILES string of the molecule is CC(C(=O)Nc1nn[nH]n1)C(N)c1ccccc1.Cl. The second kappa shape index (κ2) is 6.81. The fraction of sp³-hybridized carbons (Fsp3) is 0.273. The first kappa shape index (κ1) is 15.1. The number of carbonyl (C=O) groups is 1. The van der Waals surface area contributed by atoms with E-state index < -0.39 is 5.92 Å². The first-order chi connectivity index (χ1) is 8.68. The number of nitrogens with two attached hydrogens (primary N) is 1. The number of nitrogens with one attached hydrogen (secondary N) is 2. The maximum absolute atomic E-state index is 11.9. The molecular formula is C11H15ClN6O. The normalized spacial score (nSPS) is 13.2. The molecule has 2 aromatic rings. The molecule has 4 N–H and O–H groups in total. The lowest BCUT2D eigenvalue weighted by Crippen LogP contribution is -2.30. The number of halogens is 1. The molecule has 2 atom stereocenters. The van der Waals surface area contributed by atoms with Crippen LogP contribution in [0.2, 0.25) is 0 Å². The zero-order valence-electron chi connectivity index (χ0n) is 10.3. The molecule has 0 radical (unpaired) electrons. The van der Waals surface area contributed by atoms with Crippen molar-refractivity contribution in [3.05, 3.63) is 35.9 Å². The van der Waals surface area contributed by atoms with Gasteiger partial charge in [-0.15, -0.1) is 17.5 Å². The summed E-state index contributed by atoms with van der Waals surface area (Å²) in [6.07, 6.45) is 0. The lowest BCUT2D eigenvalue weighted by molar-refractivity contribution is -0.120. The number of rotatable bonds is 4. The molecule has 0 saturated carbocycles. The summed E-state index contributed by atoms with van der Waals surface area (Å²) in [7, 11) is 0. The summed E-state index contributed by atoms with van der Waals surface area (Å²) >= 11 is 0. The minimum atomic E-state index is -0.397. The maximum Gasteiger partial charge on any atom is 0.269 e. The Hall–Kier alpha value is -1.99. The van der Waals surface area contributed by atoms with Crippen molar-refractivity contribution in [3.8, 4) is 0 Å². The Bertz CT molecular complexity index is 503. The number of nitrogens with zero attached hydrogens (tertiary/aromatic N) is 3. The number of carbonyl (C=O) groups excluding carboxylic acids is 1. The second-order valence-corrected chi connectivity index (χ2v) is 3.95. The van der Waals surface area contributed by atoms with Crippen molar-refractivity contribution in [2.75, 3.05) is 5.32 Å². The second-order valence-electron chi connectivity index (χ2n) is 3.95. The van der Waals surface area contributed by atoms with E-state index in [9.17, 15) is 4.79 Å². The van der Waals surface area contributed by atoms with E-state index in [2.05, 4.69) is 25.9 Å². The molecule has 19 heavy (non-hydrogen) atoms. The van der Waals surface area contributed by atoms with Gasteiger partial charge in [-0.05, 0) is 10.8 Å². The third-order valence-corrected chi connectivity index (χ3v) is 2.72. The molecule has 7 nitrogen and oxygen atoms in total. The van der Waals surface area contributed by atoms with Crippen LogP contribution in [0, 0.1) is 5.92 Å². The molecule has 102 valence electrons. The molecule has 1 amide bonds. The van der Waals surface area contributed by atoms with Gasteiger partial charge in [-0.1, -0.05) is 42.4 Å². The van der Waals surface area contributed by atoms with Crippen molar-refractivity contribution < 1.29 is 4.79 Å². The number of H-pyrrole nitrogens is 1. The van der Waals surface area contributed by atoms with E-state index in [0.717, 1.165) is 5.56 Å². The Labute approximate surface area is 116 Å². The quantitative estimate of drug-likeness (QED) is 0.772. The summed E-state index contributed by atoms with van der Waals surface area (Å²) in [6.45, 7) is 1.76. The predicted molar refractivity (Wildman–Crippen MR) is 72.6 cm³/mol. The molecule has 0 aliphatic carbocycles. The minimum absolute atomic E-state index is 0. The number of amides is 1. The van der Waals surface area contributed by atoms with Crippen LogP contribution >= 0.6 is 12.4 Å². The van der Waals surface area contributed by atoms with Gasteiger partial charge in [-0.3, -0.25) is 10.1 Å². The molecule has 0 spiro atoms. The standard InChI is InChI=1S/C11H14N6O.ClH/c1-7(9(12)8-5-3-2-4-6-8)10(18)13-11-14-16-17-15-11;/h2-7,9H,12H2,1H3,(H2,13,14,15,16,17,18);1H. The van der Waals surface area contributed by atoms with Crippen molar-refractivity contribution in [1.82, 2.24) is 20.6 Å². The van der Waals surface area contributed by atoms with Gasteiger partial charge in [-0.2, -0.15) is 5.21 Å². The highest BCUT2D eigenvalue weighted by Gasteiger charge is 2.22. The minimum Gasteiger partial charge on any atom is -0.323 e. The number of hydrogen-bond acceptors (Lipinski definition) is 5. The summed E-state index contributed by atoms with van der Waals surface area (Å²) in [6, 6.07) is 9.09. The maximum atomic E-state index is 11.9. The van der Waals surface area contributed by atoms with Crippen LogP contribution in [0.15, 0.2) is 30.3 Å². The fourth-order valence-corrected chi connectivity index (χ4v) is 1.57. The lowest BCUT2D eigenvalue weighted by Gasteiger charge is -2.18. The van der Waals surface area contributed by atoms with Crippen molar-refractivity contribution in [2.45, 2.75) is 13.0 Å². The molecule has 0 saturated heterocycles. The van der Waals surface area contributed by atoms with Crippen molar-refractivity contribution in [1.29, 1.82) is 0 Å². The largest absolute Gasteiger partial charge is 0.323 e. The molecule has 0 aliphatic rings. The fourth-order valence-electron chi connectivity index (χ4n) is 1.57. The lowest BCUT2D eigenvalue weighted by atomic mass is 9.95. The predicted octanol–water partition coefficient (Wildman–Crippen LogP) is 0.896. The van der Waals surface area contributed by atoms with Gasteiger partial charge >= 0.3 is 0 Å². The van der Waals surface area contributed by atoms with E-state index in [-0.39, 0.29) is 30.3 Å². The highest BCUT2D eigenvalue weighted by molar-refractivity contribution is 5.91. The van der Waals surface area contributed by atoms with Crippen LogP contribution in [0.5, 0.6) is 0 Å². The van der Waals surface area contributed by atoms with Gasteiger partial charge in [0.15, 0.2) is 0 Å². The van der Waals surface area contributed by atoms with Crippen LogP contribution in [0.25, 0.3) is 0 Å². The molecule has 2 unspecified atom stereocenters. The van der Waals surface area contributed by atoms with Gasteiger partial charge in [0.05, 0.1) is 5.92 Å². The van der Waals surface area contributed by atoms with Gasteiger partial charge in [0.25, 0.3) is 5.95 Å². The first-order valence-corrected chi connectivity index (χ1v) is 5.53. The number of tetrazole rings is 1. The van der Waals surface area contributed by atoms with Gasteiger partial charge in [0.2, 0.25) is 5.91 Å². The number of hydrogen-bond donors (Lipinski definition) is 3. The summed E-state index contributed by atoms with van der Waals surface area (Å²) < 4.78 is 0. The first-order valence-electron chi connectivity index (χ1n) is 5.53. The molecular weight excluding hydrogens is 268 g/mol. The van der Waals surface area contributed by atoms with Crippen LogP contribution in [0.3, 0.4) is 0 Å². The van der Waals surface area contributed by atoms with Crippen molar-refractivity contribution >= 4 is 24.3 Å². The number of aromatic amines is 1. The Balaban J connectivity index is 0.00000180. The van der Waals surface area contributed by atoms with Gasteiger partial charge in [-0.25, -0.2) is 0 Å². The van der Waals surface area contributed by atoms with E-state index in [1.807, 2.05) is 30.3 Å². The van der Waals surface area contributed by atoms with E-state index in [0.29, 0.717) is 0 Å². The van der Waals surface area contributed by atoms with Gasteiger partial charge < -0.3 is 5.73 Å². The average molecular weight is 283 g/mol. The van der Waals surface area contributed by atoms with Crippen LogP contribution in [-0.4, -0.2) is 26.5 Å². The molecule has 0 aliphatic heterocycles. The smallest absolute Gasteiger partial charge is 0.269 e. The Morgan fingerprint density at radius 1 is 1.37 bits per heavy atom. The van der Waals surface area contributed by atoms with Crippen molar-refractivity contribution in [3.63, 3.8) is 0 Å². The Kier molecular flexibility index (Phi) is 5.40. The highest BCUT2D eigenvalue weighted by atomic mass is 35.5. The molecule has 0 fully saturated rings. The Morgan fingerprint density at radius 2 is 2.05 bits per heavy atom. The third kappa shape index (κ3) is 3.73. The van der Waals surface area contributed by atoms with E-state index >= 15 is 0 Å². The number of aromatic nitrogens is 4. The highest BCUT2D eigenvalue weighted by Crippen LogP contribution is 2.19.